The van der Waals surface area contributed by atoms with Crippen LogP contribution in [0.3, 0.4) is 0 Å². The smallest absolute Gasteiger partial charge is 0.256 e. The van der Waals surface area contributed by atoms with Gasteiger partial charge in [0.2, 0.25) is 0 Å². The molecule has 1 amide bonds. The minimum absolute atomic E-state index is 0.139. The maximum atomic E-state index is 13.3. The molecule has 0 aliphatic heterocycles. The van der Waals surface area contributed by atoms with Crippen molar-refractivity contribution in [3.8, 4) is 12.3 Å². The van der Waals surface area contributed by atoms with Gasteiger partial charge in [-0.25, -0.2) is 4.39 Å². The Morgan fingerprint density at radius 1 is 1.56 bits per heavy atom. The summed E-state index contributed by atoms with van der Waals surface area (Å²) in [5.74, 6) is 2.09. The predicted octanol–water partition coefficient (Wildman–Crippen LogP) is 2.96. The third-order valence-corrected chi connectivity index (χ3v) is 3.31. The van der Waals surface area contributed by atoms with Gasteiger partial charge in [0.25, 0.3) is 5.91 Å². The van der Waals surface area contributed by atoms with E-state index in [-0.39, 0.29) is 23.0 Å². The molecule has 2 nitrogen and oxygen atoms in total. The van der Waals surface area contributed by atoms with Crippen LogP contribution in [-0.4, -0.2) is 23.9 Å². The largest absolute Gasteiger partial charge is 0.327 e. The lowest BCUT2D eigenvalue weighted by Gasteiger charge is -2.20. The lowest BCUT2D eigenvalue weighted by molar-refractivity contribution is 0.0769. The normalized spacial score (nSPS) is 14.1. The van der Waals surface area contributed by atoms with Gasteiger partial charge in [0, 0.05) is 6.54 Å². The molecule has 0 spiro atoms. The fourth-order valence-electron chi connectivity index (χ4n) is 1.78. The van der Waals surface area contributed by atoms with E-state index in [9.17, 15) is 9.18 Å². The number of rotatable bonds is 4. The molecule has 0 bridgehead atoms. The number of hydrogen-bond donors (Lipinski definition) is 0. The van der Waals surface area contributed by atoms with Gasteiger partial charge in [-0.05, 0) is 30.9 Å². The maximum Gasteiger partial charge on any atom is 0.256 e. The van der Waals surface area contributed by atoms with Gasteiger partial charge in [0.05, 0.1) is 17.1 Å². The second kappa shape index (κ2) is 5.41. The van der Waals surface area contributed by atoms with Gasteiger partial charge in [0.15, 0.2) is 0 Å². The Labute approximate surface area is 111 Å². The third kappa shape index (κ3) is 2.83. The van der Waals surface area contributed by atoms with Crippen molar-refractivity contribution in [2.24, 2.45) is 5.92 Å². The lowest BCUT2D eigenvalue weighted by Crippen LogP contribution is -2.33. The highest BCUT2D eigenvalue weighted by molar-refractivity contribution is 6.34. The zero-order chi connectivity index (χ0) is 13.1. The average molecular weight is 266 g/mol. The highest BCUT2D eigenvalue weighted by Crippen LogP contribution is 2.30. The van der Waals surface area contributed by atoms with Gasteiger partial charge >= 0.3 is 0 Å². The first kappa shape index (κ1) is 12.9. The highest BCUT2D eigenvalue weighted by atomic mass is 35.5. The average Bonchev–Trinajstić information content (AvgIpc) is 3.15. The molecule has 1 aromatic carbocycles. The first-order valence-corrected chi connectivity index (χ1v) is 6.18. The van der Waals surface area contributed by atoms with Gasteiger partial charge in [-0.1, -0.05) is 23.6 Å². The summed E-state index contributed by atoms with van der Waals surface area (Å²) >= 11 is 5.81. The van der Waals surface area contributed by atoms with Crippen LogP contribution in [-0.2, 0) is 0 Å². The zero-order valence-corrected chi connectivity index (χ0v) is 10.6. The summed E-state index contributed by atoms with van der Waals surface area (Å²) in [4.78, 5) is 13.8. The molecule has 1 aliphatic rings. The molecular weight excluding hydrogens is 253 g/mol. The van der Waals surface area contributed by atoms with E-state index in [0.717, 1.165) is 12.8 Å². The fourth-order valence-corrected chi connectivity index (χ4v) is 1.99. The van der Waals surface area contributed by atoms with Gasteiger partial charge in [-0.15, -0.1) is 6.42 Å². The minimum atomic E-state index is -0.588. The minimum Gasteiger partial charge on any atom is -0.327 e. The van der Waals surface area contributed by atoms with Crippen LogP contribution in [0, 0.1) is 24.1 Å². The van der Waals surface area contributed by atoms with Crippen molar-refractivity contribution in [3.05, 3.63) is 34.6 Å². The van der Waals surface area contributed by atoms with E-state index in [2.05, 4.69) is 5.92 Å². The first-order chi connectivity index (χ1) is 8.63. The van der Waals surface area contributed by atoms with Crippen LogP contribution in [0.15, 0.2) is 18.2 Å². The maximum absolute atomic E-state index is 13.3. The molecule has 94 valence electrons. The number of amides is 1. The van der Waals surface area contributed by atoms with E-state index in [1.54, 1.807) is 4.90 Å². The lowest BCUT2D eigenvalue weighted by atomic mass is 10.2. The fraction of sp³-hybridized carbons (Fsp3) is 0.357. The molecule has 0 unspecified atom stereocenters. The van der Waals surface area contributed by atoms with Crippen molar-refractivity contribution in [2.45, 2.75) is 12.8 Å². The molecule has 0 saturated heterocycles. The molecule has 0 atom stereocenters. The zero-order valence-electron chi connectivity index (χ0n) is 9.83. The standard InChI is InChI=1S/C14H13ClFNO/c1-2-8-17(9-10-6-7-10)14(18)11-4-3-5-12(16)13(11)15/h1,3-5,10H,6-9H2. The Morgan fingerprint density at radius 3 is 2.89 bits per heavy atom. The highest BCUT2D eigenvalue weighted by Gasteiger charge is 2.28. The summed E-state index contributed by atoms with van der Waals surface area (Å²) in [6.45, 7) is 0.845. The SMILES string of the molecule is C#CCN(CC1CC1)C(=O)c1cccc(F)c1Cl. The van der Waals surface area contributed by atoms with Crippen molar-refractivity contribution < 1.29 is 9.18 Å². The predicted molar refractivity (Wildman–Crippen MR) is 68.9 cm³/mol. The van der Waals surface area contributed by atoms with Crippen molar-refractivity contribution >= 4 is 17.5 Å². The van der Waals surface area contributed by atoms with Crippen LogP contribution in [0.4, 0.5) is 4.39 Å². The number of nitrogens with zero attached hydrogens (tertiary/aromatic N) is 1. The number of terminal acetylenes is 1. The van der Waals surface area contributed by atoms with Crippen LogP contribution in [0.25, 0.3) is 0 Å². The van der Waals surface area contributed by atoms with Gasteiger partial charge < -0.3 is 4.90 Å². The Kier molecular flexibility index (Phi) is 3.88. The molecule has 0 N–H and O–H groups in total. The molecule has 4 heteroatoms. The third-order valence-electron chi connectivity index (χ3n) is 2.93. The van der Waals surface area contributed by atoms with Crippen molar-refractivity contribution in [1.29, 1.82) is 0 Å². The van der Waals surface area contributed by atoms with Crippen LogP contribution >= 0.6 is 11.6 Å². The van der Waals surface area contributed by atoms with E-state index in [4.69, 9.17) is 18.0 Å². The number of halogens is 2. The summed E-state index contributed by atoms with van der Waals surface area (Å²) in [5.41, 5.74) is 0.174. The van der Waals surface area contributed by atoms with Crippen molar-refractivity contribution in [3.63, 3.8) is 0 Å². The van der Waals surface area contributed by atoms with Gasteiger partial charge in [-0.3, -0.25) is 4.79 Å². The first-order valence-electron chi connectivity index (χ1n) is 5.80. The summed E-state index contributed by atoms with van der Waals surface area (Å²) in [6.07, 6.45) is 7.49. The Morgan fingerprint density at radius 2 is 2.28 bits per heavy atom. The molecule has 1 aromatic rings. The molecule has 2 rings (SSSR count). The molecule has 1 fully saturated rings. The van der Waals surface area contributed by atoms with Gasteiger partial charge in [-0.2, -0.15) is 0 Å². The van der Waals surface area contributed by atoms with E-state index >= 15 is 0 Å². The van der Waals surface area contributed by atoms with Crippen LogP contribution in [0.2, 0.25) is 5.02 Å². The quantitative estimate of drug-likeness (QED) is 0.767. The summed E-state index contributed by atoms with van der Waals surface area (Å²) in [7, 11) is 0. The topological polar surface area (TPSA) is 20.3 Å². The summed E-state index contributed by atoms with van der Waals surface area (Å²) in [6, 6.07) is 4.22. The van der Waals surface area contributed by atoms with E-state index in [1.165, 1.54) is 18.2 Å². The summed E-state index contributed by atoms with van der Waals surface area (Å²) < 4.78 is 13.3. The monoisotopic (exact) mass is 265 g/mol. The summed E-state index contributed by atoms with van der Waals surface area (Å²) in [5, 5.41) is -0.139. The second-order valence-electron chi connectivity index (χ2n) is 4.43. The van der Waals surface area contributed by atoms with Gasteiger partial charge in [0.1, 0.15) is 5.82 Å². The van der Waals surface area contributed by atoms with E-state index in [1.807, 2.05) is 0 Å². The van der Waals surface area contributed by atoms with Crippen molar-refractivity contribution in [2.75, 3.05) is 13.1 Å². The number of carbonyl (C=O) groups excluding carboxylic acids is 1. The molecule has 18 heavy (non-hydrogen) atoms. The Balaban J connectivity index is 2.21. The van der Waals surface area contributed by atoms with E-state index in [0.29, 0.717) is 12.5 Å². The molecule has 1 saturated carbocycles. The van der Waals surface area contributed by atoms with Crippen LogP contribution in [0.5, 0.6) is 0 Å². The van der Waals surface area contributed by atoms with Crippen LogP contribution < -0.4 is 0 Å². The number of hydrogen-bond acceptors (Lipinski definition) is 1. The number of carbonyl (C=O) groups is 1. The second-order valence-corrected chi connectivity index (χ2v) is 4.81. The van der Waals surface area contributed by atoms with Crippen LogP contribution in [0.1, 0.15) is 23.2 Å². The molecular formula is C14H13ClFNO. The molecule has 0 radical (unpaired) electrons. The van der Waals surface area contributed by atoms with Crippen molar-refractivity contribution in [1.82, 2.24) is 4.90 Å². The number of benzene rings is 1. The molecule has 1 aliphatic carbocycles. The van der Waals surface area contributed by atoms with E-state index < -0.39 is 5.82 Å². The Hall–Kier alpha value is -1.53. The Bertz CT molecular complexity index is 505. The molecule has 0 heterocycles. The molecule has 0 aromatic heterocycles.